The van der Waals surface area contributed by atoms with Gasteiger partial charge in [-0.2, -0.15) is 0 Å². The van der Waals surface area contributed by atoms with Crippen LogP contribution in [0.5, 0.6) is 0 Å². The van der Waals surface area contributed by atoms with Crippen LogP contribution in [0.4, 0.5) is 8.78 Å². The molecule has 3 aromatic rings. The molecule has 0 spiro atoms. The lowest BCUT2D eigenvalue weighted by Gasteiger charge is -2.13. The number of aryl methyl sites for hydroxylation is 1. The summed E-state index contributed by atoms with van der Waals surface area (Å²) in [5, 5.41) is 0.528. The standard InChI is InChI=1S/C16H11ClF2N2O/c1-2-14-20-13-5-3-4-10(17)15(13)16(22)21(14)9-6-7-11(18)12(19)8-9/h3-8H,2H2,1H3. The second-order valence-corrected chi connectivity index (χ2v) is 5.16. The summed E-state index contributed by atoms with van der Waals surface area (Å²) in [5.74, 6) is -1.54. The summed E-state index contributed by atoms with van der Waals surface area (Å²) < 4.78 is 27.9. The molecule has 2 aromatic carbocycles. The van der Waals surface area contributed by atoms with E-state index in [4.69, 9.17) is 11.6 Å². The molecule has 0 saturated heterocycles. The predicted molar refractivity (Wildman–Crippen MR) is 81.6 cm³/mol. The molecule has 0 N–H and O–H groups in total. The van der Waals surface area contributed by atoms with Crippen molar-refractivity contribution in [1.82, 2.24) is 9.55 Å². The van der Waals surface area contributed by atoms with Crippen molar-refractivity contribution in [3.05, 3.63) is 69.2 Å². The van der Waals surface area contributed by atoms with Crippen LogP contribution in [-0.2, 0) is 6.42 Å². The van der Waals surface area contributed by atoms with E-state index in [1.54, 1.807) is 18.2 Å². The van der Waals surface area contributed by atoms with Crippen molar-refractivity contribution in [2.45, 2.75) is 13.3 Å². The second kappa shape index (κ2) is 5.50. The number of benzene rings is 2. The maximum atomic E-state index is 13.5. The zero-order valence-electron chi connectivity index (χ0n) is 11.6. The first kappa shape index (κ1) is 14.7. The molecule has 22 heavy (non-hydrogen) atoms. The minimum atomic E-state index is -1.02. The first-order chi connectivity index (χ1) is 10.5. The van der Waals surface area contributed by atoms with Crippen molar-refractivity contribution in [3.8, 4) is 5.69 Å². The molecule has 0 unspecified atom stereocenters. The lowest BCUT2D eigenvalue weighted by Crippen LogP contribution is -2.24. The Bertz CT molecular complexity index is 937. The Morgan fingerprint density at radius 2 is 1.95 bits per heavy atom. The van der Waals surface area contributed by atoms with Crippen LogP contribution in [0.3, 0.4) is 0 Å². The van der Waals surface area contributed by atoms with Gasteiger partial charge in [0.15, 0.2) is 11.6 Å². The van der Waals surface area contributed by atoms with Crippen LogP contribution in [0.2, 0.25) is 5.02 Å². The van der Waals surface area contributed by atoms with E-state index in [-0.39, 0.29) is 16.1 Å². The van der Waals surface area contributed by atoms with Crippen molar-refractivity contribution >= 4 is 22.5 Å². The maximum absolute atomic E-state index is 13.5. The topological polar surface area (TPSA) is 34.9 Å². The second-order valence-electron chi connectivity index (χ2n) is 4.75. The number of aromatic nitrogens is 2. The average molecular weight is 321 g/mol. The van der Waals surface area contributed by atoms with Gasteiger partial charge in [-0.3, -0.25) is 9.36 Å². The van der Waals surface area contributed by atoms with Crippen molar-refractivity contribution in [2.24, 2.45) is 0 Å². The molecular formula is C16H11ClF2N2O. The zero-order valence-corrected chi connectivity index (χ0v) is 12.4. The number of nitrogens with zero attached hydrogens (tertiary/aromatic N) is 2. The molecule has 112 valence electrons. The Hall–Kier alpha value is -2.27. The maximum Gasteiger partial charge on any atom is 0.267 e. The third-order valence-corrected chi connectivity index (χ3v) is 3.71. The summed E-state index contributed by atoms with van der Waals surface area (Å²) in [6.45, 7) is 1.83. The molecule has 0 aliphatic heterocycles. The van der Waals surface area contributed by atoms with E-state index >= 15 is 0 Å². The van der Waals surface area contributed by atoms with Crippen molar-refractivity contribution in [1.29, 1.82) is 0 Å². The van der Waals surface area contributed by atoms with Gasteiger partial charge in [0.1, 0.15) is 5.82 Å². The molecule has 1 heterocycles. The summed E-state index contributed by atoms with van der Waals surface area (Å²) in [6, 6.07) is 8.28. The largest absolute Gasteiger partial charge is 0.268 e. The number of rotatable bonds is 2. The van der Waals surface area contributed by atoms with Gasteiger partial charge >= 0.3 is 0 Å². The Kier molecular flexibility index (Phi) is 3.66. The van der Waals surface area contributed by atoms with Gasteiger partial charge in [-0.05, 0) is 24.3 Å². The number of fused-ring (bicyclic) bond motifs is 1. The molecule has 3 rings (SSSR count). The van der Waals surface area contributed by atoms with E-state index in [1.807, 2.05) is 6.92 Å². The van der Waals surface area contributed by atoms with Crippen LogP contribution in [0.1, 0.15) is 12.7 Å². The summed E-state index contributed by atoms with van der Waals surface area (Å²) in [4.78, 5) is 17.2. The number of hydrogen-bond donors (Lipinski definition) is 0. The molecule has 1 aromatic heterocycles. The lowest BCUT2D eigenvalue weighted by atomic mass is 10.2. The fraction of sp³-hybridized carbons (Fsp3) is 0.125. The molecule has 0 amide bonds. The fourth-order valence-electron chi connectivity index (χ4n) is 2.36. The molecule has 0 fully saturated rings. The summed E-state index contributed by atoms with van der Waals surface area (Å²) in [5.41, 5.74) is 0.293. The van der Waals surface area contributed by atoms with Crippen LogP contribution >= 0.6 is 11.6 Å². The van der Waals surface area contributed by atoms with E-state index in [1.165, 1.54) is 10.6 Å². The summed E-state index contributed by atoms with van der Waals surface area (Å²) in [6.07, 6.45) is 0.455. The van der Waals surface area contributed by atoms with Gasteiger partial charge in [0, 0.05) is 12.5 Å². The first-order valence-corrected chi connectivity index (χ1v) is 7.06. The van der Waals surface area contributed by atoms with Crippen LogP contribution in [-0.4, -0.2) is 9.55 Å². The Morgan fingerprint density at radius 1 is 1.18 bits per heavy atom. The molecular weight excluding hydrogens is 310 g/mol. The van der Waals surface area contributed by atoms with Gasteiger partial charge in [-0.1, -0.05) is 24.6 Å². The minimum Gasteiger partial charge on any atom is -0.268 e. The van der Waals surface area contributed by atoms with E-state index < -0.39 is 17.2 Å². The number of hydrogen-bond acceptors (Lipinski definition) is 2. The molecule has 0 aliphatic carbocycles. The highest BCUT2D eigenvalue weighted by molar-refractivity contribution is 6.35. The van der Waals surface area contributed by atoms with Crippen molar-refractivity contribution < 1.29 is 8.78 Å². The monoisotopic (exact) mass is 320 g/mol. The average Bonchev–Trinajstić information content (AvgIpc) is 2.50. The van der Waals surface area contributed by atoms with Gasteiger partial charge in [0.25, 0.3) is 5.56 Å². The van der Waals surface area contributed by atoms with Crippen LogP contribution in [0, 0.1) is 11.6 Å². The molecule has 3 nitrogen and oxygen atoms in total. The smallest absolute Gasteiger partial charge is 0.267 e. The highest BCUT2D eigenvalue weighted by Gasteiger charge is 2.15. The van der Waals surface area contributed by atoms with Gasteiger partial charge in [-0.15, -0.1) is 0 Å². The van der Waals surface area contributed by atoms with Crippen LogP contribution in [0.15, 0.2) is 41.2 Å². The predicted octanol–water partition coefficient (Wildman–Crippen LogP) is 3.88. The van der Waals surface area contributed by atoms with Crippen molar-refractivity contribution in [2.75, 3.05) is 0 Å². The van der Waals surface area contributed by atoms with Crippen molar-refractivity contribution in [3.63, 3.8) is 0 Å². The van der Waals surface area contributed by atoms with E-state index in [0.717, 1.165) is 12.1 Å². The zero-order chi connectivity index (χ0) is 15.9. The SMILES string of the molecule is CCc1nc2cccc(Cl)c2c(=O)n1-c1ccc(F)c(F)c1. The minimum absolute atomic E-state index is 0.218. The first-order valence-electron chi connectivity index (χ1n) is 6.68. The van der Waals surface area contributed by atoms with E-state index in [0.29, 0.717) is 17.8 Å². The fourth-order valence-corrected chi connectivity index (χ4v) is 2.61. The molecule has 0 aliphatic rings. The third-order valence-electron chi connectivity index (χ3n) is 3.39. The van der Waals surface area contributed by atoms with Gasteiger partial charge in [-0.25, -0.2) is 13.8 Å². The Balaban J connectivity index is 2.42. The van der Waals surface area contributed by atoms with Crippen LogP contribution in [0.25, 0.3) is 16.6 Å². The summed E-state index contributed by atoms with van der Waals surface area (Å²) >= 11 is 6.09. The van der Waals surface area contributed by atoms with E-state index in [9.17, 15) is 13.6 Å². The third kappa shape index (κ3) is 2.27. The van der Waals surface area contributed by atoms with Gasteiger partial charge in [0.05, 0.1) is 21.6 Å². The van der Waals surface area contributed by atoms with Crippen LogP contribution < -0.4 is 5.56 Å². The molecule has 0 atom stereocenters. The number of halogens is 3. The lowest BCUT2D eigenvalue weighted by molar-refractivity contribution is 0.507. The Morgan fingerprint density at radius 3 is 2.64 bits per heavy atom. The molecule has 6 heteroatoms. The van der Waals surface area contributed by atoms with Gasteiger partial charge < -0.3 is 0 Å². The quantitative estimate of drug-likeness (QED) is 0.718. The highest BCUT2D eigenvalue weighted by Crippen LogP contribution is 2.21. The summed E-state index contributed by atoms with van der Waals surface area (Å²) in [7, 11) is 0. The Labute approximate surface area is 129 Å². The molecule has 0 saturated carbocycles. The van der Waals surface area contributed by atoms with Gasteiger partial charge in [0.2, 0.25) is 0 Å². The molecule has 0 radical (unpaired) electrons. The highest BCUT2D eigenvalue weighted by atomic mass is 35.5. The molecule has 0 bridgehead atoms. The normalized spacial score (nSPS) is 11.1. The van der Waals surface area contributed by atoms with E-state index in [2.05, 4.69) is 4.98 Å².